The number of benzene rings is 2. The fourth-order valence-corrected chi connectivity index (χ4v) is 2.51. The van der Waals surface area contributed by atoms with Crippen LogP contribution in [0.15, 0.2) is 40.9 Å². The van der Waals surface area contributed by atoms with Gasteiger partial charge in [0.1, 0.15) is 5.82 Å². The van der Waals surface area contributed by atoms with E-state index in [-0.39, 0.29) is 11.5 Å². The minimum Gasteiger partial charge on any atom is -0.398 e. The number of anilines is 2. The van der Waals surface area contributed by atoms with Crippen LogP contribution in [0.4, 0.5) is 15.8 Å². The van der Waals surface area contributed by atoms with Gasteiger partial charge in [0.25, 0.3) is 5.91 Å². The summed E-state index contributed by atoms with van der Waals surface area (Å²) in [4.78, 5) is 12.3. The first-order valence-electron chi connectivity index (χ1n) is 6.05. The molecule has 3 rings (SSSR count). The van der Waals surface area contributed by atoms with Gasteiger partial charge in [0, 0.05) is 16.8 Å². The third kappa shape index (κ3) is 2.47. The summed E-state index contributed by atoms with van der Waals surface area (Å²) < 4.78 is 13.5. The Morgan fingerprint density at radius 2 is 1.95 bits per heavy atom. The van der Waals surface area contributed by atoms with E-state index < -0.39 is 5.91 Å². The maximum atomic E-state index is 12.9. The van der Waals surface area contributed by atoms with Gasteiger partial charge in [0.05, 0.1) is 9.99 Å². The van der Waals surface area contributed by atoms with Gasteiger partial charge in [-0.15, -0.1) is 0 Å². The number of nitrogens with zero attached hydrogens (tertiary/aromatic N) is 1. The van der Waals surface area contributed by atoms with Crippen LogP contribution in [0.25, 0.3) is 10.9 Å². The molecule has 5 nitrogen and oxygen atoms in total. The Bertz CT molecular complexity index is 829. The molecule has 0 saturated carbocycles. The fourth-order valence-electron chi connectivity index (χ4n) is 1.98. The number of hydrogen-bond donors (Lipinski definition) is 3. The highest BCUT2D eigenvalue weighted by Crippen LogP contribution is 2.31. The summed E-state index contributed by atoms with van der Waals surface area (Å²) in [5.41, 5.74) is 7.73. The van der Waals surface area contributed by atoms with Gasteiger partial charge in [-0.05, 0) is 52.3 Å². The molecule has 7 heteroatoms. The second kappa shape index (κ2) is 5.17. The standard InChI is InChI=1S/C14H10BrFN4O/c15-12-9(17)5-6-10-11(12)13(20-19-10)14(21)18-8-3-1-7(16)2-4-8/h1-6H,17H2,(H,18,21)(H,19,20). The second-order valence-corrected chi connectivity index (χ2v) is 5.22. The van der Waals surface area contributed by atoms with Crippen molar-refractivity contribution in [1.82, 2.24) is 10.2 Å². The molecule has 0 radical (unpaired) electrons. The third-order valence-corrected chi connectivity index (χ3v) is 3.87. The van der Waals surface area contributed by atoms with Crippen LogP contribution in [-0.2, 0) is 0 Å². The third-order valence-electron chi connectivity index (χ3n) is 3.01. The molecule has 0 saturated heterocycles. The van der Waals surface area contributed by atoms with Crippen LogP contribution in [0.5, 0.6) is 0 Å². The van der Waals surface area contributed by atoms with Crippen molar-refractivity contribution in [2.75, 3.05) is 11.1 Å². The number of aromatic nitrogens is 2. The van der Waals surface area contributed by atoms with Crippen LogP contribution in [0, 0.1) is 5.82 Å². The maximum Gasteiger partial charge on any atom is 0.276 e. The molecule has 0 aliphatic rings. The number of rotatable bonds is 2. The zero-order chi connectivity index (χ0) is 15.0. The number of amides is 1. The topological polar surface area (TPSA) is 83.8 Å². The summed E-state index contributed by atoms with van der Waals surface area (Å²) in [6.45, 7) is 0. The van der Waals surface area contributed by atoms with Crippen LogP contribution < -0.4 is 11.1 Å². The predicted octanol–water partition coefficient (Wildman–Crippen LogP) is 3.30. The van der Waals surface area contributed by atoms with Crippen LogP contribution in [0.2, 0.25) is 0 Å². The molecule has 0 unspecified atom stereocenters. The largest absolute Gasteiger partial charge is 0.398 e. The van der Waals surface area contributed by atoms with E-state index in [9.17, 15) is 9.18 Å². The van der Waals surface area contributed by atoms with E-state index in [1.54, 1.807) is 12.1 Å². The lowest BCUT2D eigenvalue weighted by Crippen LogP contribution is -2.13. The zero-order valence-corrected chi connectivity index (χ0v) is 12.2. The molecule has 0 bridgehead atoms. The first-order valence-corrected chi connectivity index (χ1v) is 6.84. The van der Waals surface area contributed by atoms with Crippen LogP contribution >= 0.6 is 15.9 Å². The lowest BCUT2D eigenvalue weighted by molar-refractivity contribution is 0.102. The molecule has 1 amide bonds. The monoisotopic (exact) mass is 348 g/mol. The average molecular weight is 349 g/mol. The summed E-state index contributed by atoms with van der Waals surface area (Å²) in [6.07, 6.45) is 0. The highest BCUT2D eigenvalue weighted by molar-refractivity contribution is 9.10. The Hall–Kier alpha value is -2.41. The van der Waals surface area contributed by atoms with Gasteiger partial charge in [-0.3, -0.25) is 9.89 Å². The van der Waals surface area contributed by atoms with Gasteiger partial charge in [-0.2, -0.15) is 5.10 Å². The average Bonchev–Trinajstić information content (AvgIpc) is 2.90. The van der Waals surface area contributed by atoms with E-state index >= 15 is 0 Å². The normalized spacial score (nSPS) is 10.8. The molecule has 0 atom stereocenters. The van der Waals surface area contributed by atoms with E-state index in [0.29, 0.717) is 26.8 Å². The van der Waals surface area contributed by atoms with Crippen molar-refractivity contribution in [2.45, 2.75) is 0 Å². The number of aromatic amines is 1. The quantitative estimate of drug-likeness (QED) is 0.621. The molecule has 2 aromatic carbocycles. The zero-order valence-electron chi connectivity index (χ0n) is 10.7. The van der Waals surface area contributed by atoms with Crippen molar-refractivity contribution in [2.24, 2.45) is 0 Å². The van der Waals surface area contributed by atoms with E-state index in [4.69, 9.17) is 5.73 Å². The number of H-pyrrole nitrogens is 1. The van der Waals surface area contributed by atoms with Crippen molar-refractivity contribution in [3.8, 4) is 0 Å². The van der Waals surface area contributed by atoms with Gasteiger partial charge in [-0.1, -0.05) is 0 Å². The molecule has 1 aromatic heterocycles. The minimum atomic E-state index is -0.404. The Balaban J connectivity index is 1.98. The highest BCUT2D eigenvalue weighted by Gasteiger charge is 2.17. The molecule has 3 aromatic rings. The van der Waals surface area contributed by atoms with Gasteiger partial charge < -0.3 is 11.1 Å². The molecular formula is C14H10BrFN4O. The van der Waals surface area contributed by atoms with Crippen LogP contribution in [-0.4, -0.2) is 16.1 Å². The van der Waals surface area contributed by atoms with Gasteiger partial charge in [-0.25, -0.2) is 4.39 Å². The molecule has 0 fully saturated rings. The van der Waals surface area contributed by atoms with Crippen molar-refractivity contribution in [3.05, 3.63) is 52.4 Å². The minimum absolute atomic E-state index is 0.216. The van der Waals surface area contributed by atoms with E-state index in [2.05, 4.69) is 31.4 Å². The fraction of sp³-hybridized carbons (Fsp3) is 0. The van der Waals surface area contributed by atoms with E-state index in [1.807, 2.05) is 0 Å². The smallest absolute Gasteiger partial charge is 0.276 e. The molecule has 4 N–H and O–H groups in total. The van der Waals surface area contributed by atoms with Crippen LogP contribution in [0.1, 0.15) is 10.5 Å². The highest BCUT2D eigenvalue weighted by atomic mass is 79.9. The second-order valence-electron chi connectivity index (χ2n) is 4.42. The first kappa shape index (κ1) is 13.6. The van der Waals surface area contributed by atoms with Gasteiger partial charge in [0.15, 0.2) is 5.69 Å². The summed E-state index contributed by atoms with van der Waals surface area (Å²) >= 11 is 3.36. The number of fused-ring (bicyclic) bond motifs is 1. The number of nitrogens with two attached hydrogens (primary N) is 1. The predicted molar refractivity (Wildman–Crippen MR) is 82.6 cm³/mol. The van der Waals surface area contributed by atoms with E-state index in [0.717, 1.165) is 0 Å². The molecule has 106 valence electrons. The Kier molecular flexibility index (Phi) is 3.34. The van der Waals surface area contributed by atoms with Gasteiger partial charge in [0.2, 0.25) is 0 Å². The van der Waals surface area contributed by atoms with Crippen molar-refractivity contribution in [1.29, 1.82) is 0 Å². The van der Waals surface area contributed by atoms with E-state index in [1.165, 1.54) is 24.3 Å². The molecule has 0 aliphatic heterocycles. The number of carbonyl (C=O) groups excluding carboxylic acids is 1. The lowest BCUT2D eigenvalue weighted by Gasteiger charge is -2.04. The van der Waals surface area contributed by atoms with Crippen molar-refractivity contribution < 1.29 is 9.18 Å². The first-order chi connectivity index (χ1) is 10.1. The van der Waals surface area contributed by atoms with Gasteiger partial charge >= 0.3 is 0 Å². The number of halogens is 2. The summed E-state index contributed by atoms with van der Waals surface area (Å²) in [6, 6.07) is 8.96. The number of carbonyl (C=O) groups is 1. The molecule has 21 heavy (non-hydrogen) atoms. The Labute approximate surface area is 127 Å². The van der Waals surface area contributed by atoms with Crippen molar-refractivity contribution >= 4 is 44.1 Å². The molecule has 0 spiro atoms. The van der Waals surface area contributed by atoms with Crippen molar-refractivity contribution in [3.63, 3.8) is 0 Å². The number of nitrogen functional groups attached to an aromatic ring is 1. The lowest BCUT2D eigenvalue weighted by atomic mass is 10.2. The Morgan fingerprint density at radius 1 is 1.24 bits per heavy atom. The Morgan fingerprint density at radius 3 is 2.67 bits per heavy atom. The maximum absolute atomic E-state index is 12.9. The molecular weight excluding hydrogens is 339 g/mol. The number of nitrogens with one attached hydrogen (secondary N) is 2. The van der Waals surface area contributed by atoms with Crippen LogP contribution in [0.3, 0.4) is 0 Å². The summed E-state index contributed by atoms with van der Waals surface area (Å²) in [7, 11) is 0. The number of hydrogen-bond acceptors (Lipinski definition) is 3. The SMILES string of the molecule is Nc1ccc2[nH]nc(C(=O)Nc3ccc(F)cc3)c2c1Br. The summed E-state index contributed by atoms with van der Waals surface area (Å²) in [5, 5.41) is 10.1. The summed E-state index contributed by atoms with van der Waals surface area (Å²) in [5.74, 6) is -0.770. The molecule has 1 heterocycles. The molecule has 0 aliphatic carbocycles.